The van der Waals surface area contributed by atoms with E-state index in [0.29, 0.717) is 13.0 Å². The molecular weight excluding hydrogens is 228 g/mol. The van der Waals surface area contributed by atoms with E-state index in [1.54, 1.807) is 7.11 Å². The zero-order chi connectivity index (χ0) is 13.0. The number of hydrogen-bond acceptors (Lipinski definition) is 2. The fraction of sp³-hybridized carbons (Fsp3) is 0.357. The van der Waals surface area contributed by atoms with Gasteiger partial charge in [0.2, 0.25) is 5.91 Å². The molecule has 0 atom stereocenters. The minimum Gasteiger partial charge on any atom is -0.497 e. The highest BCUT2D eigenvalue weighted by molar-refractivity contribution is 5.81. The van der Waals surface area contributed by atoms with Gasteiger partial charge >= 0.3 is 0 Å². The van der Waals surface area contributed by atoms with Crippen molar-refractivity contribution in [3.05, 3.63) is 30.5 Å². The third-order valence-electron chi connectivity index (χ3n) is 2.97. The molecule has 0 aliphatic carbocycles. The van der Waals surface area contributed by atoms with Gasteiger partial charge in [0.05, 0.1) is 7.11 Å². The van der Waals surface area contributed by atoms with E-state index >= 15 is 0 Å². The molecule has 96 valence electrons. The van der Waals surface area contributed by atoms with Gasteiger partial charge in [-0.3, -0.25) is 4.79 Å². The number of rotatable bonds is 5. The van der Waals surface area contributed by atoms with Crippen molar-refractivity contribution < 1.29 is 9.53 Å². The fourth-order valence-corrected chi connectivity index (χ4v) is 1.94. The summed E-state index contributed by atoms with van der Waals surface area (Å²) in [5, 5.41) is 4.02. The van der Waals surface area contributed by atoms with Gasteiger partial charge in [-0.05, 0) is 24.3 Å². The van der Waals surface area contributed by atoms with Crippen molar-refractivity contribution in [2.75, 3.05) is 13.7 Å². The number of nitrogens with one attached hydrogen (secondary N) is 1. The van der Waals surface area contributed by atoms with Gasteiger partial charge in [0.1, 0.15) is 5.75 Å². The Morgan fingerprint density at radius 1 is 1.39 bits per heavy atom. The molecule has 0 fully saturated rings. The van der Waals surface area contributed by atoms with Crippen LogP contribution >= 0.6 is 0 Å². The van der Waals surface area contributed by atoms with Crippen LogP contribution < -0.4 is 10.1 Å². The standard InChI is InChI=1S/C14H18N2O2/c1-3-14(17)15-7-9-16-8-6-11-10-12(18-2)4-5-13(11)16/h4-6,8,10H,3,7,9H2,1-2H3,(H,15,17). The highest BCUT2D eigenvalue weighted by Crippen LogP contribution is 2.21. The van der Waals surface area contributed by atoms with E-state index in [4.69, 9.17) is 4.74 Å². The van der Waals surface area contributed by atoms with Crippen molar-refractivity contribution in [1.29, 1.82) is 0 Å². The van der Waals surface area contributed by atoms with Crippen LogP contribution in [0.25, 0.3) is 10.9 Å². The lowest BCUT2D eigenvalue weighted by atomic mass is 10.2. The van der Waals surface area contributed by atoms with Gasteiger partial charge in [-0.1, -0.05) is 6.92 Å². The van der Waals surface area contributed by atoms with Crippen molar-refractivity contribution in [3.8, 4) is 5.75 Å². The summed E-state index contributed by atoms with van der Waals surface area (Å²) in [6, 6.07) is 8.05. The second-order valence-electron chi connectivity index (χ2n) is 4.14. The average Bonchev–Trinajstić information content (AvgIpc) is 2.81. The molecule has 2 rings (SSSR count). The molecule has 1 amide bonds. The molecule has 0 saturated heterocycles. The summed E-state index contributed by atoms with van der Waals surface area (Å²) in [5.41, 5.74) is 1.15. The quantitative estimate of drug-likeness (QED) is 0.878. The number of fused-ring (bicyclic) bond motifs is 1. The number of carbonyl (C=O) groups excluding carboxylic acids is 1. The first-order valence-electron chi connectivity index (χ1n) is 6.14. The molecule has 0 spiro atoms. The third kappa shape index (κ3) is 2.64. The number of methoxy groups -OCH3 is 1. The first kappa shape index (κ1) is 12.5. The van der Waals surface area contributed by atoms with E-state index in [2.05, 4.69) is 16.0 Å². The van der Waals surface area contributed by atoms with Crippen LogP contribution in [0.5, 0.6) is 5.75 Å². The third-order valence-corrected chi connectivity index (χ3v) is 2.97. The summed E-state index contributed by atoms with van der Waals surface area (Å²) in [4.78, 5) is 11.2. The monoisotopic (exact) mass is 246 g/mol. The highest BCUT2D eigenvalue weighted by Gasteiger charge is 2.03. The first-order chi connectivity index (χ1) is 8.74. The van der Waals surface area contributed by atoms with Crippen LogP contribution in [0.3, 0.4) is 0 Å². The molecule has 4 heteroatoms. The summed E-state index contributed by atoms with van der Waals surface area (Å²) in [7, 11) is 1.67. The summed E-state index contributed by atoms with van der Waals surface area (Å²) in [6.07, 6.45) is 2.56. The second-order valence-corrected chi connectivity index (χ2v) is 4.14. The van der Waals surface area contributed by atoms with Crippen LogP contribution in [0, 0.1) is 0 Å². The van der Waals surface area contributed by atoms with E-state index < -0.39 is 0 Å². The van der Waals surface area contributed by atoms with Gasteiger partial charge in [0.15, 0.2) is 0 Å². The summed E-state index contributed by atoms with van der Waals surface area (Å²) in [6.45, 7) is 3.29. The molecule has 0 saturated carbocycles. The Balaban J connectivity index is 2.07. The van der Waals surface area contributed by atoms with Gasteiger partial charge in [0, 0.05) is 36.6 Å². The summed E-state index contributed by atoms with van der Waals surface area (Å²) in [5.74, 6) is 0.952. The number of carbonyl (C=O) groups is 1. The van der Waals surface area contributed by atoms with Crippen LogP contribution in [0.2, 0.25) is 0 Å². The molecule has 0 aliphatic heterocycles. The Labute approximate surface area is 107 Å². The lowest BCUT2D eigenvalue weighted by molar-refractivity contribution is -0.120. The van der Waals surface area contributed by atoms with Crippen molar-refractivity contribution in [2.24, 2.45) is 0 Å². The van der Waals surface area contributed by atoms with E-state index in [9.17, 15) is 4.79 Å². The van der Waals surface area contributed by atoms with Gasteiger partial charge in [-0.25, -0.2) is 0 Å². The van der Waals surface area contributed by atoms with Crippen molar-refractivity contribution in [2.45, 2.75) is 19.9 Å². The second kappa shape index (κ2) is 5.58. The van der Waals surface area contributed by atoms with Crippen LogP contribution in [0.4, 0.5) is 0 Å². The van der Waals surface area contributed by atoms with Crippen molar-refractivity contribution in [3.63, 3.8) is 0 Å². The van der Waals surface area contributed by atoms with E-state index in [0.717, 1.165) is 23.2 Å². The maximum Gasteiger partial charge on any atom is 0.219 e. The Kier molecular flexibility index (Phi) is 3.87. The molecular formula is C14H18N2O2. The SMILES string of the molecule is CCC(=O)NCCn1ccc2cc(OC)ccc21. The molecule has 1 heterocycles. The molecule has 4 nitrogen and oxygen atoms in total. The zero-order valence-electron chi connectivity index (χ0n) is 10.8. The molecule has 2 aromatic rings. The maximum atomic E-state index is 11.2. The van der Waals surface area contributed by atoms with Gasteiger partial charge < -0.3 is 14.6 Å². The minimum atomic E-state index is 0.0909. The number of amides is 1. The molecule has 0 radical (unpaired) electrons. The van der Waals surface area contributed by atoms with Crippen molar-refractivity contribution >= 4 is 16.8 Å². The fourth-order valence-electron chi connectivity index (χ4n) is 1.94. The van der Waals surface area contributed by atoms with Crippen LogP contribution in [0.1, 0.15) is 13.3 Å². The highest BCUT2D eigenvalue weighted by atomic mass is 16.5. The Morgan fingerprint density at radius 2 is 2.22 bits per heavy atom. The minimum absolute atomic E-state index is 0.0909. The largest absolute Gasteiger partial charge is 0.497 e. The smallest absolute Gasteiger partial charge is 0.219 e. The van der Waals surface area contributed by atoms with E-state index in [1.165, 1.54) is 0 Å². The predicted molar refractivity (Wildman–Crippen MR) is 71.8 cm³/mol. The number of hydrogen-bond donors (Lipinski definition) is 1. The average molecular weight is 246 g/mol. The molecule has 1 aromatic heterocycles. The maximum absolute atomic E-state index is 11.2. The lowest BCUT2D eigenvalue weighted by Gasteiger charge is -2.07. The van der Waals surface area contributed by atoms with Crippen LogP contribution in [0.15, 0.2) is 30.5 Å². The van der Waals surface area contributed by atoms with Gasteiger partial charge in [-0.2, -0.15) is 0 Å². The number of aromatic nitrogens is 1. The number of ether oxygens (including phenoxy) is 1. The van der Waals surface area contributed by atoms with Crippen LogP contribution in [-0.2, 0) is 11.3 Å². The van der Waals surface area contributed by atoms with Crippen LogP contribution in [-0.4, -0.2) is 24.1 Å². The molecule has 0 unspecified atom stereocenters. The summed E-state index contributed by atoms with van der Waals surface area (Å²) >= 11 is 0. The summed E-state index contributed by atoms with van der Waals surface area (Å²) < 4.78 is 7.32. The predicted octanol–water partition coefficient (Wildman–Crippen LogP) is 2.18. The molecule has 0 bridgehead atoms. The molecule has 1 N–H and O–H groups in total. The Bertz CT molecular complexity index is 546. The Hall–Kier alpha value is -1.97. The molecule has 0 aliphatic rings. The zero-order valence-corrected chi connectivity index (χ0v) is 10.8. The van der Waals surface area contributed by atoms with Gasteiger partial charge in [0.25, 0.3) is 0 Å². The molecule has 18 heavy (non-hydrogen) atoms. The lowest BCUT2D eigenvalue weighted by Crippen LogP contribution is -2.26. The van der Waals surface area contributed by atoms with Crippen molar-refractivity contribution in [1.82, 2.24) is 9.88 Å². The molecule has 1 aromatic carbocycles. The number of nitrogens with zero attached hydrogens (tertiary/aromatic N) is 1. The van der Waals surface area contributed by atoms with E-state index in [1.807, 2.05) is 31.3 Å². The topological polar surface area (TPSA) is 43.3 Å². The Morgan fingerprint density at radius 3 is 2.94 bits per heavy atom. The van der Waals surface area contributed by atoms with Gasteiger partial charge in [-0.15, -0.1) is 0 Å². The van der Waals surface area contributed by atoms with E-state index in [-0.39, 0.29) is 5.91 Å². The first-order valence-corrected chi connectivity index (χ1v) is 6.14. The normalized spacial score (nSPS) is 10.6. The number of benzene rings is 1.